The summed E-state index contributed by atoms with van der Waals surface area (Å²) in [6, 6.07) is 7.52. The van der Waals surface area contributed by atoms with Gasteiger partial charge in [-0.15, -0.1) is 0 Å². The first-order valence-electron chi connectivity index (χ1n) is 7.39. The molecule has 0 saturated carbocycles. The van der Waals surface area contributed by atoms with E-state index >= 15 is 0 Å². The Labute approximate surface area is 121 Å². The van der Waals surface area contributed by atoms with Crippen molar-refractivity contribution in [2.75, 3.05) is 0 Å². The molecule has 0 bridgehead atoms. The van der Waals surface area contributed by atoms with Gasteiger partial charge in [-0.05, 0) is 32.3 Å². The van der Waals surface area contributed by atoms with E-state index < -0.39 is 0 Å². The Morgan fingerprint density at radius 3 is 2.65 bits per heavy atom. The van der Waals surface area contributed by atoms with Crippen molar-refractivity contribution in [1.29, 1.82) is 0 Å². The van der Waals surface area contributed by atoms with Crippen molar-refractivity contribution in [3.8, 4) is 5.75 Å². The molecule has 0 saturated heterocycles. The average Bonchev–Trinajstić information content (AvgIpc) is 2.44. The minimum absolute atomic E-state index is 0.0809. The maximum Gasteiger partial charge on any atom is 0.124 e. The molecular formula is C16H25NO3. The number of para-hydroxylation sites is 1. The van der Waals surface area contributed by atoms with Gasteiger partial charge in [0.1, 0.15) is 12.3 Å². The normalized spacial score (nSPS) is 13.8. The third-order valence-corrected chi connectivity index (χ3v) is 3.29. The molecule has 0 radical (unpaired) electrons. The van der Waals surface area contributed by atoms with Gasteiger partial charge in [-0.25, -0.2) is 0 Å². The Morgan fingerprint density at radius 1 is 1.25 bits per heavy atom. The summed E-state index contributed by atoms with van der Waals surface area (Å²) < 4.78 is 6.04. The SMILES string of the molecule is CCCCC(CCC(C)O)Oc1ccccc1CN=O. The molecule has 0 aliphatic carbocycles. The fraction of sp³-hybridized carbons (Fsp3) is 0.625. The minimum Gasteiger partial charge on any atom is -0.490 e. The van der Waals surface area contributed by atoms with Gasteiger partial charge in [-0.1, -0.05) is 43.1 Å². The van der Waals surface area contributed by atoms with Crippen LogP contribution in [0.4, 0.5) is 0 Å². The molecule has 0 heterocycles. The zero-order valence-electron chi connectivity index (χ0n) is 12.4. The lowest BCUT2D eigenvalue weighted by molar-refractivity contribution is 0.130. The lowest BCUT2D eigenvalue weighted by Crippen LogP contribution is -2.19. The van der Waals surface area contributed by atoms with Gasteiger partial charge in [0, 0.05) is 5.56 Å². The number of hydrogen-bond acceptors (Lipinski definition) is 4. The van der Waals surface area contributed by atoms with Crippen LogP contribution in [0.25, 0.3) is 0 Å². The fourth-order valence-corrected chi connectivity index (χ4v) is 2.12. The zero-order chi connectivity index (χ0) is 14.8. The number of rotatable bonds is 10. The van der Waals surface area contributed by atoms with Crippen molar-refractivity contribution in [2.24, 2.45) is 5.18 Å². The molecule has 4 heteroatoms. The van der Waals surface area contributed by atoms with E-state index in [1.165, 1.54) is 0 Å². The van der Waals surface area contributed by atoms with Crippen LogP contribution in [-0.2, 0) is 6.54 Å². The van der Waals surface area contributed by atoms with Gasteiger partial charge in [-0.2, -0.15) is 4.91 Å². The van der Waals surface area contributed by atoms with Gasteiger partial charge in [0.15, 0.2) is 0 Å². The van der Waals surface area contributed by atoms with Crippen LogP contribution in [0.2, 0.25) is 0 Å². The van der Waals surface area contributed by atoms with E-state index in [2.05, 4.69) is 12.1 Å². The van der Waals surface area contributed by atoms with Crippen LogP contribution in [0.1, 0.15) is 51.5 Å². The summed E-state index contributed by atoms with van der Waals surface area (Å²) in [5, 5.41) is 12.4. The summed E-state index contributed by atoms with van der Waals surface area (Å²) in [5.41, 5.74) is 0.820. The van der Waals surface area contributed by atoms with Gasteiger partial charge in [0.25, 0.3) is 0 Å². The second-order valence-electron chi connectivity index (χ2n) is 5.20. The van der Waals surface area contributed by atoms with Gasteiger partial charge in [0.2, 0.25) is 0 Å². The number of aliphatic hydroxyl groups is 1. The first-order valence-corrected chi connectivity index (χ1v) is 7.39. The fourth-order valence-electron chi connectivity index (χ4n) is 2.12. The second-order valence-corrected chi connectivity index (χ2v) is 5.20. The molecule has 2 unspecified atom stereocenters. The Morgan fingerprint density at radius 2 is 2.00 bits per heavy atom. The average molecular weight is 279 g/mol. The molecule has 0 aliphatic rings. The van der Waals surface area contributed by atoms with E-state index in [4.69, 9.17) is 4.74 Å². The number of benzene rings is 1. The summed E-state index contributed by atoms with van der Waals surface area (Å²) in [4.78, 5) is 10.5. The minimum atomic E-state index is -0.311. The van der Waals surface area contributed by atoms with Crippen LogP contribution in [-0.4, -0.2) is 17.3 Å². The molecule has 1 rings (SSSR count). The Hall–Kier alpha value is -1.42. The van der Waals surface area contributed by atoms with Crippen molar-refractivity contribution >= 4 is 0 Å². The molecule has 1 N–H and O–H groups in total. The summed E-state index contributed by atoms with van der Waals surface area (Å²) in [6.45, 7) is 4.07. The van der Waals surface area contributed by atoms with Crippen LogP contribution < -0.4 is 4.74 Å². The van der Waals surface area contributed by atoms with Crippen molar-refractivity contribution in [3.05, 3.63) is 34.7 Å². The molecular weight excluding hydrogens is 254 g/mol. The van der Waals surface area contributed by atoms with E-state index in [0.29, 0.717) is 0 Å². The first kappa shape index (κ1) is 16.6. The predicted molar refractivity (Wildman–Crippen MR) is 80.8 cm³/mol. The second kappa shape index (κ2) is 9.48. The summed E-state index contributed by atoms with van der Waals surface area (Å²) in [6.07, 6.45) is 4.49. The summed E-state index contributed by atoms with van der Waals surface area (Å²) in [7, 11) is 0. The lowest BCUT2D eigenvalue weighted by atomic mass is 10.0. The molecule has 0 aromatic heterocycles. The third kappa shape index (κ3) is 6.15. The Balaban J connectivity index is 2.69. The maximum absolute atomic E-state index is 10.5. The molecule has 0 aliphatic heterocycles. The van der Waals surface area contributed by atoms with E-state index in [9.17, 15) is 10.0 Å². The molecule has 0 fully saturated rings. The highest BCUT2D eigenvalue weighted by Gasteiger charge is 2.13. The van der Waals surface area contributed by atoms with Crippen molar-refractivity contribution < 1.29 is 9.84 Å². The van der Waals surface area contributed by atoms with E-state index in [-0.39, 0.29) is 18.8 Å². The van der Waals surface area contributed by atoms with Crippen LogP contribution in [0, 0.1) is 4.91 Å². The molecule has 0 spiro atoms. The number of nitroso groups, excluding NO2 is 1. The quantitative estimate of drug-likeness (QED) is 0.657. The zero-order valence-corrected chi connectivity index (χ0v) is 12.4. The summed E-state index contributed by atoms with van der Waals surface area (Å²) in [5.74, 6) is 0.735. The predicted octanol–water partition coefficient (Wildman–Crippen LogP) is 4.05. The maximum atomic E-state index is 10.5. The van der Waals surface area contributed by atoms with Crippen LogP contribution in [0.15, 0.2) is 29.4 Å². The number of unbranched alkanes of at least 4 members (excludes halogenated alkanes) is 1. The molecule has 1 aromatic carbocycles. The van der Waals surface area contributed by atoms with E-state index in [0.717, 1.165) is 43.4 Å². The highest BCUT2D eigenvalue weighted by atomic mass is 16.5. The number of aliphatic hydroxyl groups excluding tert-OH is 1. The smallest absolute Gasteiger partial charge is 0.124 e. The molecule has 0 amide bonds. The molecule has 1 aromatic rings. The standard InChI is InChI=1S/C16H25NO3/c1-3-4-8-15(11-10-13(2)18)20-16-9-6-5-7-14(16)12-17-19/h5-7,9,13,15,18H,3-4,8,10-12H2,1-2H3. The monoisotopic (exact) mass is 279 g/mol. The topological polar surface area (TPSA) is 58.9 Å². The highest BCUT2D eigenvalue weighted by Crippen LogP contribution is 2.23. The van der Waals surface area contributed by atoms with Crippen LogP contribution in [0.3, 0.4) is 0 Å². The van der Waals surface area contributed by atoms with E-state index in [1.54, 1.807) is 6.92 Å². The van der Waals surface area contributed by atoms with Crippen molar-refractivity contribution in [2.45, 2.75) is 64.7 Å². The first-order chi connectivity index (χ1) is 9.67. The Kier molecular flexibility index (Phi) is 7.88. The largest absolute Gasteiger partial charge is 0.490 e. The third-order valence-electron chi connectivity index (χ3n) is 3.29. The van der Waals surface area contributed by atoms with E-state index in [1.807, 2.05) is 24.3 Å². The van der Waals surface area contributed by atoms with Gasteiger partial charge in [0.05, 0.1) is 12.2 Å². The Bertz CT molecular complexity index is 393. The van der Waals surface area contributed by atoms with Crippen LogP contribution in [0.5, 0.6) is 5.75 Å². The van der Waals surface area contributed by atoms with Crippen molar-refractivity contribution in [1.82, 2.24) is 0 Å². The van der Waals surface area contributed by atoms with Crippen LogP contribution >= 0.6 is 0 Å². The van der Waals surface area contributed by atoms with Crippen molar-refractivity contribution in [3.63, 3.8) is 0 Å². The number of ether oxygens (including phenoxy) is 1. The molecule has 2 atom stereocenters. The number of hydrogen-bond donors (Lipinski definition) is 1. The highest BCUT2D eigenvalue weighted by molar-refractivity contribution is 5.33. The lowest BCUT2D eigenvalue weighted by Gasteiger charge is -2.21. The van der Waals surface area contributed by atoms with Gasteiger partial charge < -0.3 is 9.84 Å². The molecule has 112 valence electrons. The molecule has 20 heavy (non-hydrogen) atoms. The number of nitrogens with zero attached hydrogens (tertiary/aromatic N) is 1. The van der Waals surface area contributed by atoms with Gasteiger partial charge in [-0.3, -0.25) is 0 Å². The summed E-state index contributed by atoms with van der Waals surface area (Å²) >= 11 is 0. The van der Waals surface area contributed by atoms with Gasteiger partial charge >= 0.3 is 0 Å². The molecule has 4 nitrogen and oxygen atoms in total.